The van der Waals surface area contributed by atoms with Crippen molar-refractivity contribution in [2.45, 2.75) is 6.54 Å². The quantitative estimate of drug-likeness (QED) is 0.373. The van der Waals surface area contributed by atoms with E-state index in [2.05, 4.69) is 4.98 Å². The lowest BCUT2D eigenvalue weighted by Crippen LogP contribution is -2.28. The zero-order chi connectivity index (χ0) is 21.9. The topological polar surface area (TPSA) is 64.6 Å². The molecule has 0 atom stereocenters. The number of amides is 1. The molecule has 3 heterocycles. The molecule has 0 unspecified atom stereocenters. The van der Waals surface area contributed by atoms with Crippen molar-refractivity contribution in [3.8, 4) is 11.5 Å². The fraction of sp³-hybridized carbons (Fsp3) is 0.125. The molecular weight excluding hydrogens is 446 g/mol. The molecule has 0 spiro atoms. The van der Waals surface area contributed by atoms with Crippen LogP contribution in [-0.2, 0) is 11.3 Å². The number of hydrogen-bond donors (Lipinski definition) is 0. The van der Waals surface area contributed by atoms with E-state index in [9.17, 15) is 4.79 Å². The van der Waals surface area contributed by atoms with Gasteiger partial charge in [0.2, 0.25) is 0 Å². The number of rotatable bonds is 5. The number of aromatic nitrogens is 2. The first kappa shape index (κ1) is 20.5. The highest BCUT2D eigenvalue weighted by molar-refractivity contribution is 7.22. The summed E-state index contributed by atoms with van der Waals surface area (Å²) in [6, 6.07) is 14.9. The number of pyridine rings is 1. The van der Waals surface area contributed by atoms with Gasteiger partial charge in [-0.25, -0.2) is 4.98 Å². The van der Waals surface area contributed by atoms with Crippen molar-refractivity contribution in [2.75, 3.05) is 18.1 Å². The van der Waals surface area contributed by atoms with Gasteiger partial charge in [-0.1, -0.05) is 47.2 Å². The predicted molar refractivity (Wildman–Crippen MR) is 127 cm³/mol. The zero-order valence-corrected chi connectivity index (χ0v) is 18.5. The molecular formula is C24H18ClN3O3S. The molecule has 2 aromatic heterocycles. The summed E-state index contributed by atoms with van der Waals surface area (Å²) in [5.74, 6) is 1.16. The van der Waals surface area contributed by atoms with Crippen LogP contribution in [-0.4, -0.2) is 29.1 Å². The lowest BCUT2D eigenvalue weighted by atomic mass is 10.2. The van der Waals surface area contributed by atoms with Crippen molar-refractivity contribution in [2.24, 2.45) is 0 Å². The van der Waals surface area contributed by atoms with Gasteiger partial charge in [-0.3, -0.25) is 14.7 Å². The molecule has 0 N–H and O–H groups in total. The Hall–Kier alpha value is -3.42. The van der Waals surface area contributed by atoms with E-state index in [1.807, 2.05) is 42.5 Å². The highest BCUT2D eigenvalue weighted by Gasteiger charge is 2.21. The van der Waals surface area contributed by atoms with Crippen molar-refractivity contribution >= 4 is 50.3 Å². The van der Waals surface area contributed by atoms with Gasteiger partial charge in [0.15, 0.2) is 16.6 Å². The Labute approximate surface area is 193 Å². The van der Waals surface area contributed by atoms with Crippen LogP contribution in [0.1, 0.15) is 11.1 Å². The first-order valence-electron chi connectivity index (χ1n) is 10.0. The molecule has 0 radical (unpaired) electrons. The molecule has 5 rings (SSSR count). The van der Waals surface area contributed by atoms with Gasteiger partial charge in [-0.2, -0.15) is 0 Å². The summed E-state index contributed by atoms with van der Waals surface area (Å²) in [7, 11) is 0. The maximum absolute atomic E-state index is 13.3. The van der Waals surface area contributed by atoms with Crippen LogP contribution in [0, 0.1) is 0 Å². The Morgan fingerprint density at radius 2 is 1.94 bits per heavy atom. The van der Waals surface area contributed by atoms with E-state index in [4.69, 9.17) is 26.1 Å². The van der Waals surface area contributed by atoms with E-state index in [0.29, 0.717) is 41.4 Å². The fourth-order valence-corrected chi connectivity index (χ4v) is 4.52. The molecule has 32 heavy (non-hydrogen) atoms. The summed E-state index contributed by atoms with van der Waals surface area (Å²) in [6.07, 6.45) is 6.68. The standard InChI is InChI=1S/C24H18ClN3O3S/c25-18-6-2-1-5-17(18)7-8-23(29)28(15-16-4-3-9-26-14-16)24-27-19-12-20-21(13-22(19)32-24)31-11-10-30-20/h1-9,12-14H,10-11,15H2/b8-7+. The second-order valence-corrected chi connectivity index (χ2v) is 8.52. The summed E-state index contributed by atoms with van der Waals surface area (Å²) >= 11 is 7.66. The van der Waals surface area contributed by atoms with E-state index in [1.54, 1.807) is 29.4 Å². The van der Waals surface area contributed by atoms with E-state index in [1.165, 1.54) is 17.4 Å². The van der Waals surface area contributed by atoms with Crippen LogP contribution in [0.3, 0.4) is 0 Å². The third-order valence-electron chi connectivity index (χ3n) is 4.91. The highest BCUT2D eigenvalue weighted by Crippen LogP contribution is 2.39. The Bertz CT molecular complexity index is 1260. The van der Waals surface area contributed by atoms with Gasteiger partial charge < -0.3 is 9.47 Å². The van der Waals surface area contributed by atoms with Gasteiger partial charge in [-0.05, 0) is 29.3 Å². The summed E-state index contributed by atoms with van der Waals surface area (Å²) < 4.78 is 12.3. The predicted octanol–water partition coefficient (Wildman–Crippen LogP) is 5.36. The van der Waals surface area contributed by atoms with Gasteiger partial charge in [0.1, 0.15) is 13.2 Å². The Morgan fingerprint density at radius 1 is 1.12 bits per heavy atom. The molecule has 0 aliphatic carbocycles. The Balaban J connectivity index is 1.50. The van der Waals surface area contributed by atoms with E-state index < -0.39 is 0 Å². The number of hydrogen-bond acceptors (Lipinski definition) is 6. The number of halogens is 1. The number of thiazole rings is 1. The van der Waals surface area contributed by atoms with Crippen LogP contribution in [0.25, 0.3) is 16.3 Å². The summed E-state index contributed by atoms with van der Waals surface area (Å²) in [4.78, 5) is 23.8. The summed E-state index contributed by atoms with van der Waals surface area (Å²) in [5, 5.41) is 1.17. The largest absolute Gasteiger partial charge is 0.486 e. The fourth-order valence-electron chi connectivity index (χ4n) is 3.34. The van der Waals surface area contributed by atoms with E-state index in [0.717, 1.165) is 21.3 Å². The normalized spacial score (nSPS) is 12.9. The maximum atomic E-state index is 13.3. The SMILES string of the molecule is O=C(/C=C/c1ccccc1Cl)N(Cc1cccnc1)c1nc2cc3c(cc2s1)OCCO3. The molecule has 0 fully saturated rings. The summed E-state index contributed by atoms with van der Waals surface area (Å²) in [5.41, 5.74) is 2.43. The van der Waals surface area contributed by atoms with Crippen LogP contribution in [0.5, 0.6) is 11.5 Å². The van der Waals surface area contributed by atoms with Gasteiger partial charge in [0.25, 0.3) is 5.91 Å². The first-order chi connectivity index (χ1) is 15.7. The molecule has 1 aliphatic rings. The zero-order valence-electron chi connectivity index (χ0n) is 16.9. The highest BCUT2D eigenvalue weighted by atomic mass is 35.5. The number of benzene rings is 2. The van der Waals surface area contributed by atoms with E-state index >= 15 is 0 Å². The monoisotopic (exact) mass is 463 g/mol. The summed E-state index contributed by atoms with van der Waals surface area (Å²) in [6.45, 7) is 1.36. The lowest BCUT2D eigenvalue weighted by Gasteiger charge is -2.18. The molecule has 2 aromatic carbocycles. The van der Waals surface area contributed by atoms with Crippen LogP contribution in [0.15, 0.2) is 67.0 Å². The van der Waals surface area contributed by atoms with Crippen molar-refractivity contribution < 1.29 is 14.3 Å². The molecule has 1 aliphatic heterocycles. The first-order valence-corrected chi connectivity index (χ1v) is 11.2. The Kier molecular flexibility index (Phi) is 5.75. The van der Waals surface area contributed by atoms with Crippen LogP contribution in [0.4, 0.5) is 5.13 Å². The number of fused-ring (bicyclic) bond motifs is 2. The van der Waals surface area contributed by atoms with Crippen LogP contribution < -0.4 is 14.4 Å². The van der Waals surface area contributed by atoms with Crippen molar-refractivity contribution in [1.29, 1.82) is 0 Å². The van der Waals surface area contributed by atoms with Crippen LogP contribution in [0.2, 0.25) is 5.02 Å². The van der Waals surface area contributed by atoms with Crippen molar-refractivity contribution in [3.63, 3.8) is 0 Å². The molecule has 4 aromatic rings. The Morgan fingerprint density at radius 3 is 2.72 bits per heavy atom. The smallest absolute Gasteiger partial charge is 0.253 e. The van der Waals surface area contributed by atoms with Gasteiger partial charge in [0.05, 0.1) is 16.8 Å². The molecule has 0 saturated heterocycles. The number of carbonyl (C=O) groups is 1. The minimum atomic E-state index is -0.204. The van der Waals surface area contributed by atoms with Gasteiger partial charge in [-0.15, -0.1) is 0 Å². The van der Waals surface area contributed by atoms with Crippen molar-refractivity contribution in [3.05, 3.63) is 83.2 Å². The minimum Gasteiger partial charge on any atom is -0.486 e. The third-order valence-corrected chi connectivity index (χ3v) is 6.30. The molecule has 0 bridgehead atoms. The number of carbonyl (C=O) groups excluding carboxylic acids is 1. The van der Waals surface area contributed by atoms with E-state index in [-0.39, 0.29) is 5.91 Å². The maximum Gasteiger partial charge on any atom is 0.253 e. The average molecular weight is 464 g/mol. The number of ether oxygens (including phenoxy) is 2. The van der Waals surface area contributed by atoms with Gasteiger partial charge >= 0.3 is 0 Å². The molecule has 160 valence electrons. The average Bonchev–Trinajstić information content (AvgIpc) is 3.23. The number of nitrogens with zero attached hydrogens (tertiary/aromatic N) is 3. The second kappa shape index (κ2) is 8.98. The molecule has 8 heteroatoms. The number of anilines is 1. The minimum absolute atomic E-state index is 0.204. The molecule has 6 nitrogen and oxygen atoms in total. The lowest BCUT2D eigenvalue weighted by molar-refractivity contribution is -0.114. The van der Waals surface area contributed by atoms with Crippen LogP contribution >= 0.6 is 22.9 Å². The van der Waals surface area contributed by atoms with Gasteiger partial charge in [0, 0.05) is 35.6 Å². The second-order valence-electron chi connectivity index (χ2n) is 7.10. The third kappa shape index (κ3) is 4.30. The van der Waals surface area contributed by atoms with Crippen molar-refractivity contribution in [1.82, 2.24) is 9.97 Å². The molecule has 0 saturated carbocycles. The molecule has 1 amide bonds.